The van der Waals surface area contributed by atoms with Crippen molar-refractivity contribution in [3.05, 3.63) is 95.6 Å². The van der Waals surface area contributed by atoms with E-state index in [9.17, 15) is 4.79 Å². The van der Waals surface area contributed by atoms with E-state index in [-0.39, 0.29) is 5.91 Å². The molecule has 0 unspecified atom stereocenters. The lowest BCUT2D eigenvalue weighted by Crippen LogP contribution is -2.46. The van der Waals surface area contributed by atoms with Crippen molar-refractivity contribution in [1.29, 1.82) is 0 Å². The lowest BCUT2D eigenvalue weighted by molar-refractivity contribution is 0.0785. The normalized spacial score (nSPS) is 14.2. The fraction of sp³-hybridized carbons (Fsp3) is 0.296. The number of anilines is 1. The van der Waals surface area contributed by atoms with Crippen molar-refractivity contribution in [1.82, 2.24) is 9.80 Å². The van der Waals surface area contributed by atoms with Gasteiger partial charge in [-0.3, -0.25) is 9.69 Å². The van der Waals surface area contributed by atoms with Crippen molar-refractivity contribution >= 4 is 11.6 Å². The molecule has 1 aliphatic rings. The highest BCUT2D eigenvalue weighted by atomic mass is 16.5. The van der Waals surface area contributed by atoms with Crippen LogP contribution >= 0.6 is 0 Å². The summed E-state index contributed by atoms with van der Waals surface area (Å²) in [4.78, 5) is 19.6. The van der Waals surface area contributed by atoms with Gasteiger partial charge in [0, 0.05) is 63.6 Å². The Morgan fingerprint density at radius 3 is 2.34 bits per heavy atom. The Morgan fingerprint density at radius 2 is 1.59 bits per heavy atom. The van der Waals surface area contributed by atoms with E-state index in [2.05, 4.69) is 28.0 Å². The molecule has 1 saturated heterocycles. The molecular formula is C27H31N3O2. The van der Waals surface area contributed by atoms with Gasteiger partial charge < -0.3 is 14.5 Å². The molecule has 0 N–H and O–H groups in total. The third kappa shape index (κ3) is 5.48. The van der Waals surface area contributed by atoms with Gasteiger partial charge in [-0.25, -0.2) is 0 Å². The molecule has 0 aromatic heterocycles. The molecule has 1 aliphatic heterocycles. The van der Waals surface area contributed by atoms with Gasteiger partial charge in [0.15, 0.2) is 0 Å². The Labute approximate surface area is 190 Å². The number of benzene rings is 3. The standard InChI is InChI=1S/C27H31N3O2/c1-28(20-22-8-4-3-5-9-22)27(31)24-11-6-10-23(18-24)21-29-14-16-30(17-15-29)25-12-7-13-26(19-25)32-2/h3-13,18-19H,14-17,20-21H2,1-2H3. The quantitative estimate of drug-likeness (QED) is 0.561. The lowest BCUT2D eigenvalue weighted by atomic mass is 10.1. The second-order valence-electron chi connectivity index (χ2n) is 8.31. The average Bonchev–Trinajstić information content (AvgIpc) is 2.85. The van der Waals surface area contributed by atoms with Crippen LogP contribution in [0.3, 0.4) is 0 Å². The van der Waals surface area contributed by atoms with Crippen LogP contribution in [-0.2, 0) is 13.1 Å². The summed E-state index contributed by atoms with van der Waals surface area (Å²) in [6, 6.07) is 26.4. The van der Waals surface area contributed by atoms with Gasteiger partial charge in [0.05, 0.1) is 7.11 Å². The summed E-state index contributed by atoms with van der Waals surface area (Å²) < 4.78 is 5.36. The Bertz CT molecular complexity index is 1030. The number of hydrogen-bond acceptors (Lipinski definition) is 4. The maximum absolute atomic E-state index is 12.9. The predicted molar refractivity (Wildman–Crippen MR) is 129 cm³/mol. The zero-order valence-corrected chi connectivity index (χ0v) is 18.9. The third-order valence-corrected chi connectivity index (χ3v) is 5.98. The number of hydrogen-bond donors (Lipinski definition) is 0. The Kier molecular flexibility index (Phi) is 7.07. The second-order valence-corrected chi connectivity index (χ2v) is 8.31. The smallest absolute Gasteiger partial charge is 0.253 e. The summed E-state index contributed by atoms with van der Waals surface area (Å²) in [5.74, 6) is 0.946. The van der Waals surface area contributed by atoms with Gasteiger partial charge in [0.2, 0.25) is 0 Å². The number of piperazine rings is 1. The van der Waals surface area contributed by atoms with Crippen molar-refractivity contribution in [2.75, 3.05) is 45.2 Å². The highest BCUT2D eigenvalue weighted by molar-refractivity contribution is 5.94. The zero-order chi connectivity index (χ0) is 22.3. The van der Waals surface area contributed by atoms with Crippen LogP contribution < -0.4 is 9.64 Å². The molecule has 0 radical (unpaired) electrons. The fourth-order valence-electron chi connectivity index (χ4n) is 4.18. The van der Waals surface area contributed by atoms with E-state index < -0.39 is 0 Å². The van der Waals surface area contributed by atoms with E-state index >= 15 is 0 Å². The Morgan fingerprint density at radius 1 is 0.875 bits per heavy atom. The van der Waals surface area contributed by atoms with Crippen LogP contribution in [0.5, 0.6) is 5.75 Å². The van der Waals surface area contributed by atoms with Crippen molar-refractivity contribution in [2.24, 2.45) is 0 Å². The molecule has 0 atom stereocenters. The van der Waals surface area contributed by atoms with Gasteiger partial charge in [-0.1, -0.05) is 48.5 Å². The molecule has 5 nitrogen and oxygen atoms in total. The molecule has 4 rings (SSSR count). The number of carbonyl (C=O) groups excluding carboxylic acids is 1. The van der Waals surface area contributed by atoms with E-state index in [4.69, 9.17) is 4.74 Å². The van der Waals surface area contributed by atoms with Crippen molar-refractivity contribution < 1.29 is 9.53 Å². The molecule has 0 bridgehead atoms. The molecular weight excluding hydrogens is 398 g/mol. The highest BCUT2D eigenvalue weighted by Gasteiger charge is 2.19. The second kappa shape index (κ2) is 10.3. The number of rotatable bonds is 7. The first-order chi connectivity index (χ1) is 15.6. The molecule has 166 valence electrons. The molecule has 1 amide bonds. The summed E-state index contributed by atoms with van der Waals surface area (Å²) in [7, 11) is 3.56. The molecule has 0 spiro atoms. The van der Waals surface area contributed by atoms with Crippen molar-refractivity contribution in [3.63, 3.8) is 0 Å². The zero-order valence-electron chi connectivity index (χ0n) is 18.9. The monoisotopic (exact) mass is 429 g/mol. The maximum atomic E-state index is 12.9. The van der Waals surface area contributed by atoms with E-state index in [0.717, 1.165) is 49.6 Å². The minimum Gasteiger partial charge on any atom is -0.497 e. The van der Waals surface area contributed by atoms with Crippen molar-refractivity contribution in [3.8, 4) is 5.75 Å². The topological polar surface area (TPSA) is 36.0 Å². The van der Waals surface area contributed by atoms with Gasteiger partial charge in [0.25, 0.3) is 5.91 Å². The number of nitrogens with zero attached hydrogens (tertiary/aromatic N) is 3. The molecule has 3 aromatic carbocycles. The SMILES string of the molecule is COc1cccc(N2CCN(Cc3cccc(C(=O)N(C)Cc4ccccc4)c3)CC2)c1. The average molecular weight is 430 g/mol. The van der Waals surface area contributed by atoms with Crippen LogP contribution in [0.1, 0.15) is 21.5 Å². The van der Waals surface area contributed by atoms with Crippen LogP contribution in [0.15, 0.2) is 78.9 Å². The van der Waals surface area contributed by atoms with Gasteiger partial charge >= 0.3 is 0 Å². The van der Waals surface area contributed by atoms with Crippen LogP contribution in [0, 0.1) is 0 Å². The molecule has 0 saturated carbocycles. The van der Waals surface area contributed by atoms with E-state index in [1.165, 1.54) is 11.3 Å². The minimum atomic E-state index is 0.0542. The van der Waals surface area contributed by atoms with Crippen LogP contribution in [0.2, 0.25) is 0 Å². The first-order valence-electron chi connectivity index (χ1n) is 11.1. The Balaban J connectivity index is 1.33. The van der Waals surface area contributed by atoms with Crippen LogP contribution in [-0.4, -0.2) is 56.0 Å². The fourth-order valence-corrected chi connectivity index (χ4v) is 4.18. The van der Waals surface area contributed by atoms with Gasteiger partial charge in [0.1, 0.15) is 5.75 Å². The van der Waals surface area contributed by atoms with Crippen molar-refractivity contribution in [2.45, 2.75) is 13.1 Å². The molecule has 0 aliphatic carbocycles. The number of amides is 1. The molecule has 3 aromatic rings. The number of carbonyl (C=O) groups is 1. The summed E-state index contributed by atoms with van der Waals surface area (Å²) in [6.07, 6.45) is 0. The number of ether oxygens (including phenoxy) is 1. The molecule has 1 fully saturated rings. The Hall–Kier alpha value is -3.31. The number of methoxy groups -OCH3 is 1. The van der Waals surface area contributed by atoms with Gasteiger partial charge in [-0.15, -0.1) is 0 Å². The van der Waals surface area contributed by atoms with E-state index in [1.54, 1.807) is 12.0 Å². The van der Waals surface area contributed by atoms with Crippen LogP contribution in [0.25, 0.3) is 0 Å². The largest absolute Gasteiger partial charge is 0.497 e. The molecule has 1 heterocycles. The summed E-state index contributed by atoms with van der Waals surface area (Å²) >= 11 is 0. The first-order valence-corrected chi connectivity index (χ1v) is 11.1. The predicted octanol–water partition coefficient (Wildman–Crippen LogP) is 4.29. The summed E-state index contributed by atoms with van der Waals surface area (Å²) in [5.41, 5.74) is 4.26. The molecule has 32 heavy (non-hydrogen) atoms. The first kappa shape index (κ1) is 21.9. The highest BCUT2D eigenvalue weighted by Crippen LogP contribution is 2.22. The summed E-state index contributed by atoms with van der Waals surface area (Å²) in [6.45, 7) is 5.40. The van der Waals surface area contributed by atoms with E-state index in [1.807, 2.05) is 67.7 Å². The van der Waals surface area contributed by atoms with Gasteiger partial charge in [-0.05, 0) is 35.4 Å². The lowest BCUT2D eigenvalue weighted by Gasteiger charge is -2.36. The maximum Gasteiger partial charge on any atom is 0.253 e. The van der Waals surface area contributed by atoms with Gasteiger partial charge in [-0.2, -0.15) is 0 Å². The minimum absolute atomic E-state index is 0.0542. The summed E-state index contributed by atoms with van der Waals surface area (Å²) in [5, 5.41) is 0. The van der Waals surface area contributed by atoms with Crippen LogP contribution in [0.4, 0.5) is 5.69 Å². The molecule has 5 heteroatoms. The van der Waals surface area contributed by atoms with E-state index in [0.29, 0.717) is 6.54 Å². The third-order valence-electron chi connectivity index (χ3n) is 5.98.